The van der Waals surface area contributed by atoms with Crippen LogP contribution in [0.4, 0.5) is 0 Å². The molecule has 0 amide bonds. The highest BCUT2D eigenvalue weighted by atomic mass is 16.3. The van der Waals surface area contributed by atoms with Gasteiger partial charge in [-0.15, -0.1) is 0 Å². The summed E-state index contributed by atoms with van der Waals surface area (Å²) in [7, 11) is 0. The number of aromatic nitrogens is 4. The van der Waals surface area contributed by atoms with Crippen molar-refractivity contribution < 1.29 is 4.42 Å². The highest BCUT2D eigenvalue weighted by molar-refractivity contribution is 6.27. The lowest BCUT2D eigenvalue weighted by Crippen LogP contribution is -2.00. The molecule has 5 heteroatoms. The first-order valence-corrected chi connectivity index (χ1v) is 21.1. The minimum Gasteiger partial charge on any atom is -0.456 e. The molecule has 4 aromatic heterocycles. The zero-order chi connectivity index (χ0) is 40.9. The summed E-state index contributed by atoms with van der Waals surface area (Å²) in [4.78, 5) is 10.7. The molecule has 0 N–H and O–H groups in total. The third-order valence-corrected chi connectivity index (χ3v) is 12.7. The fourth-order valence-corrected chi connectivity index (χ4v) is 9.98. The van der Waals surface area contributed by atoms with Crippen LogP contribution in [0, 0.1) is 6.92 Å². The van der Waals surface area contributed by atoms with Crippen LogP contribution in [0.3, 0.4) is 0 Å². The molecule has 4 heterocycles. The number of nitrogens with zero attached hydrogens (tertiary/aromatic N) is 4. The molecular weight excluding hydrogens is 757 g/mol. The molecule has 0 fully saturated rings. The number of furan rings is 1. The third-order valence-electron chi connectivity index (χ3n) is 12.7. The summed E-state index contributed by atoms with van der Waals surface area (Å²) in [5.74, 6) is 0.663. The van der Waals surface area contributed by atoms with Crippen molar-refractivity contribution in [2.24, 2.45) is 0 Å². The summed E-state index contributed by atoms with van der Waals surface area (Å²) >= 11 is 0. The molecule has 0 saturated carbocycles. The smallest absolute Gasteiger partial charge is 0.161 e. The molecule has 5 nitrogen and oxygen atoms in total. The van der Waals surface area contributed by atoms with Crippen LogP contribution < -0.4 is 0 Å². The molecule has 0 aliphatic rings. The van der Waals surface area contributed by atoms with E-state index >= 15 is 0 Å². The second-order valence-electron chi connectivity index (χ2n) is 16.1. The third kappa shape index (κ3) is 5.02. The van der Waals surface area contributed by atoms with Crippen molar-refractivity contribution in [3.8, 4) is 45.3 Å². The van der Waals surface area contributed by atoms with Crippen molar-refractivity contribution in [1.82, 2.24) is 19.1 Å². The fraction of sp³-hybridized carbons (Fsp3) is 0.0175. The average molecular weight is 793 g/mol. The van der Waals surface area contributed by atoms with Gasteiger partial charge in [0.05, 0.1) is 33.5 Å². The van der Waals surface area contributed by atoms with Gasteiger partial charge >= 0.3 is 0 Å². The number of rotatable bonds is 5. The normalized spacial score (nSPS) is 12.0. The maximum Gasteiger partial charge on any atom is 0.161 e. The van der Waals surface area contributed by atoms with Crippen LogP contribution in [0.15, 0.2) is 205 Å². The van der Waals surface area contributed by atoms with Gasteiger partial charge in [-0.1, -0.05) is 146 Å². The van der Waals surface area contributed by atoms with E-state index < -0.39 is 0 Å². The molecule has 0 bridgehead atoms. The van der Waals surface area contributed by atoms with Gasteiger partial charge in [-0.05, 0) is 66.2 Å². The van der Waals surface area contributed by atoms with Gasteiger partial charge in [0.25, 0.3) is 0 Å². The largest absolute Gasteiger partial charge is 0.456 e. The Bertz CT molecular complexity index is 3860. The molecule has 62 heavy (non-hydrogen) atoms. The molecule has 0 unspecified atom stereocenters. The summed E-state index contributed by atoms with van der Waals surface area (Å²) in [6, 6.07) is 71.0. The maximum absolute atomic E-state index is 6.99. The minimum atomic E-state index is 0.663. The summed E-state index contributed by atoms with van der Waals surface area (Å²) in [6.07, 6.45) is 0. The Morgan fingerprint density at radius 2 is 0.952 bits per heavy atom. The molecule has 0 atom stereocenters. The van der Waals surface area contributed by atoms with Gasteiger partial charge in [0.2, 0.25) is 0 Å². The van der Waals surface area contributed by atoms with E-state index in [0.29, 0.717) is 5.82 Å². The Labute approximate surface area is 356 Å². The molecular formula is C57H36N4O. The van der Waals surface area contributed by atoms with Crippen molar-refractivity contribution in [2.75, 3.05) is 0 Å². The molecule has 9 aromatic carbocycles. The number of para-hydroxylation sites is 3. The second kappa shape index (κ2) is 13.4. The molecule has 13 aromatic rings. The quantitative estimate of drug-likeness (QED) is 0.174. The summed E-state index contributed by atoms with van der Waals surface area (Å²) in [5, 5.41) is 9.20. The molecule has 290 valence electrons. The zero-order valence-corrected chi connectivity index (χ0v) is 33.7. The van der Waals surface area contributed by atoms with Crippen molar-refractivity contribution >= 4 is 76.3 Å². The van der Waals surface area contributed by atoms with Crippen molar-refractivity contribution in [1.29, 1.82) is 0 Å². The van der Waals surface area contributed by atoms with Crippen LogP contribution >= 0.6 is 0 Å². The second-order valence-corrected chi connectivity index (χ2v) is 16.1. The molecule has 0 spiro atoms. The molecule has 0 radical (unpaired) electrons. The summed E-state index contributed by atoms with van der Waals surface area (Å²) in [5.41, 5.74) is 14.4. The molecule has 0 aliphatic heterocycles. The lowest BCUT2D eigenvalue weighted by Gasteiger charge is -2.15. The Morgan fingerprint density at radius 3 is 1.65 bits per heavy atom. The van der Waals surface area contributed by atoms with Gasteiger partial charge in [-0.2, -0.15) is 0 Å². The zero-order valence-electron chi connectivity index (χ0n) is 33.7. The summed E-state index contributed by atoms with van der Waals surface area (Å²) in [6.45, 7) is 2.12. The van der Waals surface area contributed by atoms with E-state index in [-0.39, 0.29) is 0 Å². The van der Waals surface area contributed by atoms with Gasteiger partial charge in [-0.25, -0.2) is 9.97 Å². The van der Waals surface area contributed by atoms with Crippen LogP contribution in [-0.2, 0) is 0 Å². The minimum absolute atomic E-state index is 0.663. The Balaban J connectivity index is 1.07. The Hall–Kier alpha value is -8.28. The SMILES string of the molecule is Cc1c(-c2ccccc2)nc(-c2cc3oc4cc(-n5c6ccccc6c6ccc7c(c8ccccc8n7-c7ccccc7)c65)ccc4c3c3ccccc23)nc1-c1ccccc1. The van der Waals surface area contributed by atoms with Crippen LogP contribution in [0.2, 0.25) is 0 Å². The maximum atomic E-state index is 6.99. The van der Waals surface area contributed by atoms with E-state index in [0.717, 1.165) is 83.2 Å². The topological polar surface area (TPSA) is 48.8 Å². The van der Waals surface area contributed by atoms with Crippen molar-refractivity contribution in [2.45, 2.75) is 6.92 Å². The average Bonchev–Trinajstić information content (AvgIpc) is 3.99. The van der Waals surface area contributed by atoms with Crippen LogP contribution in [0.25, 0.3) is 122 Å². The summed E-state index contributed by atoms with van der Waals surface area (Å²) < 4.78 is 11.8. The lowest BCUT2D eigenvalue weighted by molar-refractivity contribution is 0.669. The van der Waals surface area contributed by atoms with Gasteiger partial charge in [0, 0.05) is 72.0 Å². The van der Waals surface area contributed by atoms with Gasteiger partial charge in [0.15, 0.2) is 5.82 Å². The number of fused-ring (bicyclic) bond motifs is 12. The van der Waals surface area contributed by atoms with E-state index in [1.54, 1.807) is 0 Å². The van der Waals surface area contributed by atoms with Gasteiger partial charge < -0.3 is 13.6 Å². The van der Waals surface area contributed by atoms with Gasteiger partial charge in [-0.3, -0.25) is 0 Å². The van der Waals surface area contributed by atoms with Crippen LogP contribution in [0.1, 0.15) is 5.56 Å². The highest BCUT2D eigenvalue weighted by Gasteiger charge is 2.23. The van der Waals surface area contributed by atoms with Crippen molar-refractivity contribution in [3.63, 3.8) is 0 Å². The first-order valence-electron chi connectivity index (χ1n) is 21.1. The van der Waals surface area contributed by atoms with Gasteiger partial charge in [0.1, 0.15) is 11.2 Å². The predicted molar refractivity (Wildman–Crippen MR) is 257 cm³/mol. The molecule has 0 aliphatic carbocycles. The predicted octanol–water partition coefficient (Wildman–Crippen LogP) is 15.0. The monoisotopic (exact) mass is 792 g/mol. The van der Waals surface area contributed by atoms with E-state index in [4.69, 9.17) is 14.4 Å². The number of benzene rings is 9. The van der Waals surface area contributed by atoms with Crippen LogP contribution in [-0.4, -0.2) is 19.1 Å². The fourth-order valence-electron chi connectivity index (χ4n) is 9.98. The Morgan fingerprint density at radius 1 is 0.387 bits per heavy atom. The van der Waals surface area contributed by atoms with E-state index in [1.165, 1.54) is 38.1 Å². The standard InChI is InChI=1S/C57H36N4O/c1-35-54(36-17-5-2-6-18-36)58-57(59-55(35)37-19-7-3-8-20-37)46-34-51-52(42-25-12-11-23-40(42)46)45-30-29-39(33-50(45)62-51)61-47-27-15-13-24-41(47)43-31-32-49-53(56(43)61)44-26-14-16-28-48(44)60(49)38-21-9-4-10-22-38/h2-34H,1H3. The first-order chi connectivity index (χ1) is 30.7. The molecule has 13 rings (SSSR count). The number of hydrogen-bond donors (Lipinski definition) is 0. The van der Waals surface area contributed by atoms with E-state index in [9.17, 15) is 0 Å². The Kier molecular flexibility index (Phi) is 7.45. The van der Waals surface area contributed by atoms with Crippen LogP contribution in [0.5, 0.6) is 0 Å². The van der Waals surface area contributed by atoms with E-state index in [2.05, 4.69) is 204 Å². The molecule has 0 saturated heterocycles. The van der Waals surface area contributed by atoms with E-state index in [1.807, 2.05) is 12.1 Å². The number of hydrogen-bond acceptors (Lipinski definition) is 3. The highest BCUT2D eigenvalue weighted by Crippen LogP contribution is 2.45. The first kappa shape index (κ1) is 34.6. The van der Waals surface area contributed by atoms with Crippen molar-refractivity contribution in [3.05, 3.63) is 206 Å². The lowest BCUT2D eigenvalue weighted by atomic mass is 9.97.